The molecule has 1 aromatic heterocycles. The maximum atomic E-state index is 12.7. The average Bonchev–Trinajstić information content (AvgIpc) is 3.31. The van der Waals surface area contributed by atoms with Gasteiger partial charge in [0.05, 0.1) is 12.6 Å². The summed E-state index contributed by atoms with van der Waals surface area (Å²) in [6.45, 7) is 3.05. The van der Waals surface area contributed by atoms with Crippen molar-refractivity contribution in [2.75, 3.05) is 31.1 Å². The number of hydrogen-bond donors (Lipinski definition) is 1. The minimum Gasteiger partial charge on any atom is -0.387 e. The molecule has 5 heteroatoms. The van der Waals surface area contributed by atoms with E-state index in [4.69, 9.17) is 0 Å². The number of aliphatic hydroxyl groups is 1. The standard InChI is InChI=1S/C20H24N2O2S/c23-19(22-12-9-15-4-1-2-5-17(15)22)14-21-10-7-16(8-11-21)20(24)18-6-3-13-25-18/h1-6,13,16,20,24H,7-12,14H2. The lowest BCUT2D eigenvalue weighted by Gasteiger charge is -2.34. The lowest BCUT2D eigenvalue weighted by atomic mass is 9.90. The topological polar surface area (TPSA) is 43.8 Å². The summed E-state index contributed by atoms with van der Waals surface area (Å²) < 4.78 is 0. The number of anilines is 1. The Hall–Kier alpha value is -1.69. The molecule has 2 aliphatic rings. The lowest BCUT2D eigenvalue weighted by Crippen LogP contribution is -2.43. The Balaban J connectivity index is 1.31. The number of piperidine rings is 1. The molecule has 0 spiro atoms. The number of nitrogens with zero attached hydrogens (tertiary/aromatic N) is 2. The fraction of sp³-hybridized carbons (Fsp3) is 0.450. The highest BCUT2D eigenvalue weighted by Gasteiger charge is 2.30. The maximum Gasteiger partial charge on any atom is 0.241 e. The normalized spacial score (nSPS) is 19.8. The fourth-order valence-electron chi connectivity index (χ4n) is 3.99. The highest BCUT2D eigenvalue weighted by molar-refractivity contribution is 7.10. The molecule has 0 aliphatic carbocycles. The van der Waals surface area contributed by atoms with Crippen molar-refractivity contribution in [2.45, 2.75) is 25.4 Å². The predicted octanol–water partition coefficient (Wildman–Crippen LogP) is 3.08. The number of carbonyl (C=O) groups excluding carboxylic acids is 1. The molecule has 4 nitrogen and oxygen atoms in total. The molecule has 1 atom stereocenters. The van der Waals surface area contributed by atoms with Crippen LogP contribution < -0.4 is 4.90 Å². The number of hydrogen-bond acceptors (Lipinski definition) is 4. The Morgan fingerprint density at radius 3 is 2.72 bits per heavy atom. The summed E-state index contributed by atoms with van der Waals surface area (Å²) in [6, 6.07) is 12.2. The third-order valence-electron chi connectivity index (χ3n) is 5.46. The van der Waals surface area contributed by atoms with Crippen molar-refractivity contribution in [3.05, 3.63) is 52.2 Å². The van der Waals surface area contributed by atoms with Gasteiger partial charge in [-0.2, -0.15) is 0 Å². The van der Waals surface area contributed by atoms with E-state index in [1.807, 2.05) is 40.6 Å². The van der Waals surface area contributed by atoms with Crippen LogP contribution in [0.4, 0.5) is 5.69 Å². The number of para-hydroxylation sites is 1. The number of amides is 1. The number of aliphatic hydroxyl groups excluding tert-OH is 1. The second-order valence-corrected chi connectivity index (χ2v) is 7.98. The Kier molecular flexibility index (Phi) is 4.88. The van der Waals surface area contributed by atoms with Gasteiger partial charge in [-0.25, -0.2) is 0 Å². The molecule has 2 aromatic rings. The molecule has 132 valence electrons. The Morgan fingerprint density at radius 2 is 1.96 bits per heavy atom. The molecule has 1 saturated heterocycles. The van der Waals surface area contributed by atoms with Gasteiger partial charge in [0.2, 0.25) is 5.91 Å². The van der Waals surface area contributed by atoms with Gasteiger partial charge < -0.3 is 10.0 Å². The predicted molar refractivity (Wildman–Crippen MR) is 101 cm³/mol. The number of rotatable bonds is 4. The minimum absolute atomic E-state index is 0.196. The van der Waals surface area contributed by atoms with Crippen LogP contribution in [0, 0.1) is 5.92 Å². The zero-order chi connectivity index (χ0) is 17.2. The van der Waals surface area contributed by atoms with E-state index in [0.717, 1.165) is 49.5 Å². The second kappa shape index (κ2) is 7.28. The molecular weight excluding hydrogens is 332 g/mol. The highest BCUT2D eigenvalue weighted by Crippen LogP contribution is 2.33. The van der Waals surface area contributed by atoms with Crippen LogP contribution in [0.3, 0.4) is 0 Å². The number of fused-ring (bicyclic) bond motifs is 1. The number of benzene rings is 1. The van der Waals surface area contributed by atoms with Gasteiger partial charge in [-0.3, -0.25) is 9.69 Å². The van der Waals surface area contributed by atoms with Gasteiger partial charge >= 0.3 is 0 Å². The monoisotopic (exact) mass is 356 g/mol. The lowest BCUT2D eigenvalue weighted by molar-refractivity contribution is -0.120. The summed E-state index contributed by atoms with van der Waals surface area (Å²) in [5.41, 5.74) is 2.35. The molecule has 0 bridgehead atoms. The van der Waals surface area contributed by atoms with Gasteiger partial charge in [-0.05, 0) is 61.3 Å². The third kappa shape index (κ3) is 3.50. The summed E-state index contributed by atoms with van der Waals surface area (Å²) in [4.78, 5) is 17.9. The van der Waals surface area contributed by atoms with E-state index in [1.165, 1.54) is 5.56 Å². The van der Waals surface area contributed by atoms with Crippen molar-refractivity contribution in [3.63, 3.8) is 0 Å². The molecule has 25 heavy (non-hydrogen) atoms. The Labute approximate surface area is 152 Å². The van der Waals surface area contributed by atoms with Gasteiger partial charge in [0, 0.05) is 17.1 Å². The molecule has 0 radical (unpaired) electrons. The molecule has 1 N–H and O–H groups in total. The first-order valence-corrected chi connectivity index (χ1v) is 9.92. The molecule has 3 heterocycles. The van der Waals surface area contributed by atoms with Crippen LogP contribution in [0.5, 0.6) is 0 Å². The molecule has 1 unspecified atom stereocenters. The summed E-state index contributed by atoms with van der Waals surface area (Å²) in [7, 11) is 0. The number of thiophene rings is 1. The van der Waals surface area contributed by atoms with Gasteiger partial charge in [0.1, 0.15) is 0 Å². The summed E-state index contributed by atoms with van der Waals surface area (Å²) >= 11 is 1.62. The third-order valence-corrected chi connectivity index (χ3v) is 6.40. The van der Waals surface area contributed by atoms with Crippen LogP contribution in [-0.4, -0.2) is 42.1 Å². The molecule has 0 saturated carbocycles. The van der Waals surface area contributed by atoms with E-state index in [-0.39, 0.29) is 12.0 Å². The van der Waals surface area contributed by atoms with Crippen LogP contribution >= 0.6 is 11.3 Å². The SMILES string of the molecule is O=C(CN1CCC(C(O)c2cccs2)CC1)N1CCc2ccccc21. The van der Waals surface area contributed by atoms with Crippen LogP contribution in [0.15, 0.2) is 41.8 Å². The Bertz CT molecular complexity index is 723. The van der Waals surface area contributed by atoms with Crippen molar-refractivity contribution in [3.8, 4) is 0 Å². The van der Waals surface area contributed by atoms with Crippen molar-refractivity contribution in [1.82, 2.24) is 4.90 Å². The smallest absolute Gasteiger partial charge is 0.241 e. The first kappa shape index (κ1) is 16.8. The Morgan fingerprint density at radius 1 is 1.16 bits per heavy atom. The first-order chi connectivity index (χ1) is 12.2. The first-order valence-electron chi connectivity index (χ1n) is 9.04. The van der Waals surface area contributed by atoms with Gasteiger partial charge in [0.25, 0.3) is 0 Å². The van der Waals surface area contributed by atoms with Crippen LogP contribution in [-0.2, 0) is 11.2 Å². The number of carbonyl (C=O) groups is 1. The zero-order valence-corrected chi connectivity index (χ0v) is 15.1. The van der Waals surface area contributed by atoms with E-state index < -0.39 is 0 Å². The average molecular weight is 356 g/mol. The number of likely N-dealkylation sites (tertiary alicyclic amines) is 1. The van der Waals surface area contributed by atoms with E-state index in [0.29, 0.717) is 12.5 Å². The van der Waals surface area contributed by atoms with E-state index in [1.54, 1.807) is 11.3 Å². The van der Waals surface area contributed by atoms with E-state index in [9.17, 15) is 9.90 Å². The largest absolute Gasteiger partial charge is 0.387 e. The fourth-order valence-corrected chi connectivity index (χ4v) is 4.80. The van der Waals surface area contributed by atoms with Crippen molar-refractivity contribution >= 4 is 22.9 Å². The van der Waals surface area contributed by atoms with E-state index >= 15 is 0 Å². The second-order valence-electron chi connectivity index (χ2n) is 7.00. The maximum absolute atomic E-state index is 12.7. The van der Waals surface area contributed by atoms with Crippen molar-refractivity contribution < 1.29 is 9.90 Å². The van der Waals surface area contributed by atoms with Crippen molar-refractivity contribution in [1.29, 1.82) is 0 Å². The zero-order valence-electron chi connectivity index (χ0n) is 14.3. The quantitative estimate of drug-likeness (QED) is 0.916. The summed E-state index contributed by atoms with van der Waals surface area (Å²) in [5, 5.41) is 12.5. The van der Waals surface area contributed by atoms with Gasteiger partial charge in [-0.1, -0.05) is 24.3 Å². The molecule has 4 rings (SSSR count). The van der Waals surface area contributed by atoms with Crippen LogP contribution in [0.25, 0.3) is 0 Å². The van der Waals surface area contributed by atoms with Gasteiger partial charge in [-0.15, -0.1) is 11.3 Å². The summed E-state index contributed by atoms with van der Waals surface area (Å²) in [6.07, 6.45) is 2.49. The van der Waals surface area contributed by atoms with Gasteiger partial charge in [0.15, 0.2) is 0 Å². The minimum atomic E-state index is -0.358. The van der Waals surface area contributed by atoms with Crippen LogP contribution in [0.1, 0.15) is 29.4 Å². The molecule has 2 aliphatic heterocycles. The molecule has 1 fully saturated rings. The molecular formula is C20H24N2O2S. The molecule has 1 amide bonds. The van der Waals surface area contributed by atoms with Crippen molar-refractivity contribution in [2.24, 2.45) is 5.92 Å². The van der Waals surface area contributed by atoms with Crippen LogP contribution in [0.2, 0.25) is 0 Å². The van der Waals surface area contributed by atoms with E-state index in [2.05, 4.69) is 11.0 Å². The summed E-state index contributed by atoms with van der Waals surface area (Å²) in [5.74, 6) is 0.500. The molecule has 1 aromatic carbocycles. The highest BCUT2D eigenvalue weighted by atomic mass is 32.1.